The van der Waals surface area contributed by atoms with E-state index in [1.165, 1.54) is 79.4 Å². The number of hydrogen-bond donors (Lipinski definition) is 0. The largest absolute Gasteiger partial charge is 0.133 e. The fourth-order valence-electron chi connectivity index (χ4n) is 7.70. The first-order valence-electron chi connectivity index (χ1n) is 17.8. The summed E-state index contributed by atoms with van der Waals surface area (Å²) in [7, 11) is 0. The second-order valence-corrected chi connectivity index (χ2v) is 24.7. The Kier molecular flexibility index (Phi) is 8.20. The Hall–Kier alpha value is -2.06. The lowest BCUT2D eigenvalue weighted by molar-refractivity contribution is 0.300. The zero-order valence-corrected chi connectivity index (χ0v) is 36.3. The summed E-state index contributed by atoms with van der Waals surface area (Å²) in [6.07, 6.45) is 5.97. The van der Waals surface area contributed by atoms with Crippen LogP contribution >= 0.6 is 68.0 Å². The molecule has 6 aromatic heterocycles. The molecule has 0 aliphatic heterocycles. The van der Waals surface area contributed by atoms with Crippen molar-refractivity contribution in [2.24, 2.45) is 16.7 Å². The van der Waals surface area contributed by atoms with Crippen molar-refractivity contribution in [1.82, 2.24) is 0 Å². The van der Waals surface area contributed by atoms with E-state index in [1.807, 2.05) is 68.0 Å². The van der Waals surface area contributed by atoms with Crippen LogP contribution in [0, 0.1) is 16.7 Å². The van der Waals surface area contributed by atoms with Crippen LogP contribution < -0.4 is 0 Å². The van der Waals surface area contributed by atoms with Crippen LogP contribution in [0.2, 0.25) is 0 Å². The number of thiophene rings is 6. The Morgan fingerprint density at radius 1 is 0.500 bits per heavy atom. The van der Waals surface area contributed by atoms with Crippen LogP contribution in [0.15, 0.2) is 60.2 Å². The van der Waals surface area contributed by atoms with E-state index in [2.05, 4.69) is 138 Å². The van der Waals surface area contributed by atoms with E-state index in [9.17, 15) is 0 Å². The van der Waals surface area contributed by atoms with Gasteiger partial charge in [0, 0.05) is 38.3 Å². The molecule has 7 aromatic rings. The normalized spacial score (nSPS) is 16.8. The van der Waals surface area contributed by atoms with Crippen LogP contribution in [0.3, 0.4) is 0 Å². The maximum atomic E-state index is 2.52. The molecule has 1 aliphatic rings. The fourth-order valence-corrected chi connectivity index (χ4v) is 16.0. The van der Waals surface area contributed by atoms with E-state index in [0.717, 1.165) is 6.42 Å². The topological polar surface area (TPSA) is 0 Å². The van der Waals surface area contributed by atoms with Gasteiger partial charge in [0.15, 0.2) is 0 Å². The number of fused-ring (bicyclic) bond motifs is 6. The van der Waals surface area contributed by atoms with E-state index in [1.54, 1.807) is 5.57 Å². The Morgan fingerprint density at radius 2 is 0.920 bits per heavy atom. The van der Waals surface area contributed by atoms with Gasteiger partial charge in [-0.3, -0.25) is 0 Å². The summed E-state index contributed by atoms with van der Waals surface area (Å²) < 4.78 is 11.6. The monoisotopic (exact) mass is 768 g/mol. The second kappa shape index (κ2) is 11.7. The minimum Gasteiger partial charge on any atom is -0.133 e. The van der Waals surface area contributed by atoms with Crippen molar-refractivity contribution in [1.29, 1.82) is 0 Å². The highest BCUT2D eigenvalue weighted by Crippen LogP contribution is 2.55. The standard InChI is InChI=1S/C44H48S6/c1-41(2,3)23-15-13-16-24(42(4,5)6)35(23)29-21-33-39(49-29)37-31(45-33)19-27(47-37)28-20-32-38(48-28)40-34(46-32)22-30(50-40)36-25(43(7,8)9)17-14-18-26(36)44(10,11)12/h13-17,19-22,26H,18H2,1-12H3. The summed E-state index contributed by atoms with van der Waals surface area (Å²) in [5.74, 6) is 0.527. The summed E-state index contributed by atoms with van der Waals surface area (Å²) in [6, 6.07) is 16.9. The lowest BCUT2D eigenvalue weighted by atomic mass is 9.67. The van der Waals surface area contributed by atoms with Crippen molar-refractivity contribution in [2.75, 3.05) is 0 Å². The Bertz CT molecular complexity index is 2460. The molecular formula is C44H48S6. The Morgan fingerprint density at radius 3 is 1.36 bits per heavy atom. The predicted octanol–water partition coefficient (Wildman–Crippen LogP) is 17.0. The average Bonchev–Trinajstić information content (AvgIpc) is 3.82. The highest BCUT2D eigenvalue weighted by Gasteiger charge is 2.35. The molecule has 1 aliphatic carbocycles. The maximum Gasteiger partial charge on any atom is 0.0636 e. The lowest BCUT2D eigenvalue weighted by Gasteiger charge is -2.38. The summed E-state index contributed by atoms with van der Waals surface area (Å²) in [6.45, 7) is 28.5. The molecular weight excluding hydrogens is 721 g/mol. The molecule has 1 aromatic carbocycles. The van der Waals surface area contributed by atoms with Gasteiger partial charge in [-0.2, -0.15) is 0 Å². The third-order valence-corrected chi connectivity index (χ3v) is 18.0. The van der Waals surface area contributed by atoms with Crippen LogP contribution in [0.5, 0.6) is 0 Å². The SMILES string of the molecule is CC(C)(C)C1=C(c2cc3sc4cc(-c5cc6sc7cc(-c8c(C(C)(C)C)cccc8C(C)(C)C)sc7c6s5)sc4c3s2)C(C(C)(C)C)CC=C1. The average molecular weight is 769 g/mol. The van der Waals surface area contributed by atoms with Crippen LogP contribution in [0.4, 0.5) is 0 Å². The zero-order valence-electron chi connectivity index (χ0n) is 31.4. The Labute approximate surface area is 322 Å². The third kappa shape index (κ3) is 5.85. The van der Waals surface area contributed by atoms with E-state index in [-0.39, 0.29) is 21.7 Å². The highest BCUT2D eigenvalue weighted by molar-refractivity contribution is 7.42. The van der Waals surface area contributed by atoms with Gasteiger partial charge in [-0.15, -0.1) is 68.0 Å². The maximum absolute atomic E-state index is 2.52. The molecule has 0 saturated heterocycles. The predicted molar refractivity (Wildman–Crippen MR) is 235 cm³/mol. The van der Waals surface area contributed by atoms with Crippen molar-refractivity contribution < 1.29 is 0 Å². The fraction of sp³-hybridized carbons (Fsp3) is 0.409. The van der Waals surface area contributed by atoms with Gasteiger partial charge in [-0.05, 0) is 86.1 Å². The third-order valence-electron chi connectivity index (χ3n) is 10.2. The summed E-state index contributed by atoms with van der Waals surface area (Å²) in [5, 5.41) is 0. The first kappa shape index (κ1) is 35.0. The molecule has 260 valence electrons. The van der Waals surface area contributed by atoms with Crippen molar-refractivity contribution >= 4 is 111 Å². The number of benzene rings is 1. The summed E-state index contributed by atoms with van der Waals surface area (Å²) in [4.78, 5) is 5.72. The van der Waals surface area contributed by atoms with Gasteiger partial charge in [-0.1, -0.05) is 113 Å². The van der Waals surface area contributed by atoms with E-state index in [0.29, 0.717) is 5.92 Å². The molecule has 8 rings (SSSR count). The first-order chi connectivity index (χ1) is 23.3. The minimum atomic E-state index is 0.0772. The van der Waals surface area contributed by atoms with Crippen molar-refractivity contribution in [3.63, 3.8) is 0 Å². The zero-order chi connectivity index (χ0) is 35.7. The molecule has 6 heteroatoms. The molecule has 0 saturated carbocycles. The van der Waals surface area contributed by atoms with E-state index >= 15 is 0 Å². The lowest BCUT2D eigenvalue weighted by Crippen LogP contribution is -2.26. The number of rotatable bonds is 3. The molecule has 0 nitrogen and oxygen atoms in total. The van der Waals surface area contributed by atoms with Gasteiger partial charge >= 0.3 is 0 Å². The van der Waals surface area contributed by atoms with Crippen LogP contribution in [0.1, 0.15) is 106 Å². The van der Waals surface area contributed by atoms with Crippen molar-refractivity contribution in [3.05, 3.63) is 76.2 Å². The number of hydrogen-bond acceptors (Lipinski definition) is 6. The van der Waals surface area contributed by atoms with E-state index in [4.69, 9.17) is 0 Å². The molecule has 1 unspecified atom stereocenters. The summed E-state index contributed by atoms with van der Waals surface area (Å²) >= 11 is 12.0. The van der Waals surface area contributed by atoms with Crippen LogP contribution in [-0.2, 0) is 10.8 Å². The van der Waals surface area contributed by atoms with Gasteiger partial charge in [0.2, 0.25) is 0 Å². The van der Waals surface area contributed by atoms with Gasteiger partial charge in [0.1, 0.15) is 0 Å². The molecule has 1 atom stereocenters. The van der Waals surface area contributed by atoms with Crippen molar-refractivity contribution in [3.8, 4) is 20.2 Å². The molecule has 0 spiro atoms. The van der Waals surface area contributed by atoms with Crippen molar-refractivity contribution in [2.45, 2.75) is 100 Å². The van der Waals surface area contributed by atoms with E-state index < -0.39 is 0 Å². The van der Waals surface area contributed by atoms with Crippen LogP contribution in [0.25, 0.3) is 63.4 Å². The number of allylic oxidation sites excluding steroid dienone is 4. The first-order valence-corrected chi connectivity index (χ1v) is 22.7. The highest BCUT2D eigenvalue weighted by atomic mass is 32.1. The molecule has 0 bridgehead atoms. The minimum absolute atomic E-state index is 0.0772. The quantitative estimate of drug-likeness (QED) is 0.168. The second-order valence-electron chi connectivity index (χ2n) is 18.3. The summed E-state index contributed by atoms with van der Waals surface area (Å²) in [5.41, 5.74) is 7.93. The van der Waals surface area contributed by atoms with Crippen LogP contribution in [-0.4, -0.2) is 0 Å². The smallest absolute Gasteiger partial charge is 0.0636 e. The molecule has 0 radical (unpaired) electrons. The van der Waals surface area contributed by atoms with Gasteiger partial charge < -0.3 is 0 Å². The molecule has 0 amide bonds. The molecule has 0 N–H and O–H groups in total. The van der Waals surface area contributed by atoms with Gasteiger partial charge in [0.25, 0.3) is 0 Å². The van der Waals surface area contributed by atoms with Gasteiger partial charge in [0.05, 0.1) is 18.8 Å². The molecule has 6 heterocycles. The Balaban J connectivity index is 1.20. The molecule has 50 heavy (non-hydrogen) atoms. The molecule has 0 fully saturated rings. The van der Waals surface area contributed by atoms with Gasteiger partial charge in [-0.25, -0.2) is 0 Å².